The molecule has 10 heteroatoms. The average Bonchev–Trinajstić information content (AvgIpc) is 3.44. The molecule has 4 aromatic carbocycles. The summed E-state index contributed by atoms with van der Waals surface area (Å²) in [6.07, 6.45) is 0. The lowest BCUT2D eigenvalue weighted by atomic mass is 9.98. The lowest BCUT2D eigenvalue weighted by Gasteiger charge is -2.11. The molecule has 200 valence electrons. The van der Waals surface area contributed by atoms with Gasteiger partial charge >= 0.3 is 5.97 Å². The van der Waals surface area contributed by atoms with Crippen LogP contribution in [0.4, 0.5) is 10.8 Å². The molecule has 40 heavy (non-hydrogen) atoms. The van der Waals surface area contributed by atoms with E-state index in [4.69, 9.17) is 4.74 Å². The number of carbonyl (C=O) groups excluding carboxylic acids is 2. The summed E-state index contributed by atoms with van der Waals surface area (Å²) in [6, 6.07) is 24.7. The number of benzene rings is 4. The molecule has 0 radical (unpaired) electrons. The fraction of sp³-hybridized carbons (Fsp3) is 0.0667. The molecule has 2 amide bonds. The number of nitrogens with zero attached hydrogens (tertiary/aromatic N) is 1. The van der Waals surface area contributed by atoms with Gasteiger partial charge in [0, 0.05) is 32.5 Å². The van der Waals surface area contributed by atoms with E-state index in [0.29, 0.717) is 27.3 Å². The molecule has 3 N–H and O–H groups in total. The average molecular weight is 570 g/mol. The Labute approximate surface area is 238 Å². The van der Waals surface area contributed by atoms with Gasteiger partial charge in [0.2, 0.25) is 5.91 Å². The SMILES string of the molecule is COc1ccccc1-c1csc(NC(=O)CSc2ccc(NC(=O)c3cccc4cccc(C(=O)O)c34)cc2)n1. The second-order valence-electron chi connectivity index (χ2n) is 8.57. The highest BCUT2D eigenvalue weighted by Gasteiger charge is 2.17. The molecule has 0 saturated carbocycles. The summed E-state index contributed by atoms with van der Waals surface area (Å²) in [5.74, 6) is -0.794. The number of para-hydroxylation sites is 1. The quantitative estimate of drug-likeness (QED) is 0.170. The molecule has 0 saturated heterocycles. The van der Waals surface area contributed by atoms with Crippen molar-refractivity contribution >= 4 is 62.5 Å². The Hall–Kier alpha value is -4.67. The van der Waals surface area contributed by atoms with Crippen LogP contribution in [0.1, 0.15) is 20.7 Å². The summed E-state index contributed by atoms with van der Waals surface area (Å²) in [4.78, 5) is 42.6. The maximum atomic E-state index is 13.0. The Balaban J connectivity index is 1.19. The van der Waals surface area contributed by atoms with Gasteiger partial charge in [0.15, 0.2) is 5.13 Å². The number of carboxylic acids is 1. The standard InChI is InChI=1S/C30H23N3O5S2/c1-38-25-11-3-2-8-21(25)24-16-40-30(32-24)33-26(34)17-39-20-14-12-19(13-15-20)31-28(35)22-9-4-6-18-7-5-10-23(27(18)22)29(36)37/h2-16H,17H2,1H3,(H,31,35)(H,36,37)(H,32,33,34). The van der Waals surface area contributed by atoms with E-state index in [1.807, 2.05) is 41.8 Å². The van der Waals surface area contributed by atoms with E-state index in [9.17, 15) is 19.5 Å². The largest absolute Gasteiger partial charge is 0.496 e. The number of thiazole rings is 1. The van der Waals surface area contributed by atoms with E-state index >= 15 is 0 Å². The van der Waals surface area contributed by atoms with Gasteiger partial charge in [-0.1, -0.05) is 36.4 Å². The van der Waals surface area contributed by atoms with Crippen LogP contribution in [0.3, 0.4) is 0 Å². The van der Waals surface area contributed by atoms with Crippen molar-refractivity contribution in [2.24, 2.45) is 0 Å². The number of nitrogens with one attached hydrogen (secondary N) is 2. The van der Waals surface area contributed by atoms with Gasteiger partial charge in [-0.05, 0) is 53.9 Å². The zero-order valence-corrected chi connectivity index (χ0v) is 22.8. The number of anilines is 2. The predicted octanol–water partition coefficient (Wildman–Crippen LogP) is 6.65. The van der Waals surface area contributed by atoms with Crippen molar-refractivity contribution in [3.8, 4) is 17.0 Å². The molecule has 0 aliphatic carbocycles. The Bertz CT molecular complexity index is 1710. The number of aromatic nitrogens is 1. The van der Waals surface area contributed by atoms with Crippen molar-refractivity contribution in [2.75, 3.05) is 23.5 Å². The summed E-state index contributed by atoms with van der Waals surface area (Å²) in [5, 5.41) is 18.7. The van der Waals surface area contributed by atoms with Crippen molar-refractivity contribution in [3.05, 3.63) is 101 Å². The smallest absolute Gasteiger partial charge is 0.336 e. The zero-order valence-electron chi connectivity index (χ0n) is 21.2. The van der Waals surface area contributed by atoms with Crippen LogP contribution in [-0.2, 0) is 4.79 Å². The van der Waals surface area contributed by atoms with Crippen molar-refractivity contribution in [1.82, 2.24) is 4.98 Å². The highest BCUT2D eigenvalue weighted by Crippen LogP contribution is 2.32. The number of aromatic carboxylic acids is 1. The van der Waals surface area contributed by atoms with Crippen LogP contribution in [0.5, 0.6) is 5.75 Å². The van der Waals surface area contributed by atoms with Crippen LogP contribution < -0.4 is 15.4 Å². The fourth-order valence-electron chi connectivity index (χ4n) is 4.16. The van der Waals surface area contributed by atoms with Gasteiger partial charge in [0.05, 0.1) is 24.1 Å². The molecule has 1 heterocycles. The van der Waals surface area contributed by atoms with Crippen LogP contribution >= 0.6 is 23.1 Å². The summed E-state index contributed by atoms with van der Waals surface area (Å²) in [7, 11) is 1.60. The summed E-state index contributed by atoms with van der Waals surface area (Å²) >= 11 is 2.70. The number of methoxy groups -OCH3 is 1. The van der Waals surface area contributed by atoms with Crippen LogP contribution in [0.2, 0.25) is 0 Å². The third-order valence-electron chi connectivity index (χ3n) is 6.00. The molecule has 0 atom stereocenters. The maximum absolute atomic E-state index is 13.0. The molecule has 0 aliphatic heterocycles. The first kappa shape index (κ1) is 26.9. The van der Waals surface area contributed by atoms with E-state index in [2.05, 4.69) is 15.6 Å². The zero-order chi connectivity index (χ0) is 28.1. The predicted molar refractivity (Wildman–Crippen MR) is 159 cm³/mol. The van der Waals surface area contributed by atoms with Crippen molar-refractivity contribution in [1.29, 1.82) is 0 Å². The normalized spacial score (nSPS) is 10.7. The Morgan fingerprint density at radius 2 is 1.62 bits per heavy atom. The molecule has 1 aromatic heterocycles. The van der Waals surface area contributed by atoms with Crippen molar-refractivity contribution in [3.63, 3.8) is 0 Å². The van der Waals surface area contributed by atoms with Gasteiger partial charge in [0.1, 0.15) is 5.75 Å². The van der Waals surface area contributed by atoms with Crippen LogP contribution in [-0.4, -0.2) is 40.7 Å². The van der Waals surface area contributed by atoms with Gasteiger partial charge in [-0.3, -0.25) is 9.59 Å². The first-order chi connectivity index (χ1) is 19.4. The number of fused-ring (bicyclic) bond motifs is 1. The summed E-state index contributed by atoms with van der Waals surface area (Å²) in [5.41, 5.74) is 2.48. The summed E-state index contributed by atoms with van der Waals surface area (Å²) in [6.45, 7) is 0. The number of thioether (sulfide) groups is 1. The molecular weight excluding hydrogens is 546 g/mol. The number of carbonyl (C=O) groups is 3. The van der Waals surface area contributed by atoms with Crippen molar-refractivity contribution < 1.29 is 24.2 Å². The highest BCUT2D eigenvalue weighted by atomic mass is 32.2. The van der Waals surface area contributed by atoms with E-state index < -0.39 is 11.9 Å². The molecule has 0 bridgehead atoms. The number of amides is 2. The molecule has 8 nitrogen and oxygen atoms in total. The molecule has 0 fully saturated rings. The minimum atomic E-state index is -1.09. The Morgan fingerprint density at radius 3 is 2.35 bits per heavy atom. The highest BCUT2D eigenvalue weighted by molar-refractivity contribution is 8.00. The van der Waals surface area contributed by atoms with Gasteiger partial charge in [-0.15, -0.1) is 23.1 Å². The van der Waals surface area contributed by atoms with Crippen LogP contribution in [0, 0.1) is 0 Å². The summed E-state index contributed by atoms with van der Waals surface area (Å²) < 4.78 is 5.39. The molecule has 0 unspecified atom stereocenters. The second kappa shape index (κ2) is 12.0. The van der Waals surface area contributed by atoms with E-state index in [-0.39, 0.29) is 22.8 Å². The van der Waals surface area contributed by atoms with Gasteiger partial charge in [-0.25, -0.2) is 9.78 Å². The number of rotatable bonds is 9. The fourth-order valence-corrected chi connectivity index (χ4v) is 5.58. The Morgan fingerprint density at radius 1 is 0.900 bits per heavy atom. The molecular formula is C30H23N3O5S2. The molecule has 5 aromatic rings. The monoisotopic (exact) mass is 569 g/mol. The number of carboxylic acid groups (broad SMARTS) is 1. The molecule has 0 spiro atoms. The van der Waals surface area contributed by atoms with Gasteiger partial charge < -0.3 is 20.5 Å². The van der Waals surface area contributed by atoms with Crippen LogP contribution in [0.25, 0.3) is 22.0 Å². The van der Waals surface area contributed by atoms with E-state index in [0.717, 1.165) is 16.2 Å². The van der Waals surface area contributed by atoms with Crippen molar-refractivity contribution in [2.45, 2.75) is 4.90 Å². The minimum absolute atomic E-state index is 0.0713. The second-order valence-corrected chi connectivity index (χ2v) is 10.5. The number of hydrogen-bond donors (Lipinski definition) is 3. The van der Waals surface area contributed by atoms with Crippen LogP contribution in [0.15, 0.2) is 95.2 Å². The first-order valence-electron chi connectivity index (χ1n) is 12.1. The van der Waals surface area contributed by atoms with E-state index in [1.165, 1.54) is 29.2 Å². The first-order valence-corrected chi connectivity index (χ1v) is 14.0. The molecule has 0 aliphatic rings. The maximum Gasteiger partial charge on any atom is 0.336 e. The number of hydrogen-bond acceptors (Lipinski definition) is 7. The number of ether oxygens (including phenoxy) is 1. The van der Waals surface area contributed by atoms with E-state index in [1.54, 1.807) is 49.6 Å². The topological polar surface area (TPSA) is 118 Å². The van der Waals surface area contributed by atoms with Gasteiger partial charge in [0.25, 0.3) is 5.91 Å². The lowest BCUT2D eigenvalue weighted by molar-refractivity contribution is -0.113. The third-order valence-corrected chi connectivity index (χ3v) is 7.77. The minimum Gasteiger partial charge on any atom is -0.496 e. The molecule has 5 rings (SSSR count). The lowest BCUT2D eigenvalue weighted by Crippen LogP contribution is -2.14. The third kappa shape index (κ3) is 5.98. The Kier molecular flexibility index (Phi) is 8.09. The van der Waals surface area contributed by atoms with Gasteiger partial charge in [-0.2, -0.15) is 0 Å².